The molecule has 0 spiro atoms. The van der Waals surface area contributed by atoms with Crippen molar-refractivity contribution in [3.8, 4) is 5.75 Å². The highest BCUT2D eigenvalue weighted by atomic mass is 16.5. The molecular weight excluding hydrogens is 340 g/mol. The van der Waals surface area contributed by atoms with Crippen LogP contribution in [0.25, 0.3) is 0 Å². The van der Waals surface area contributed by atoms with E-state index in [-0.39, 0.29) is 23.7 Å². The molecule has 2 aromatic rings. The lowest BCUT2D eigenvalue weighted by Crippen LogP contribution is -2.29. The van der Waals surface area contributed by atoms with E-state index >= 15 is 0 Å². The van der Waals surface area contributed by atoms with E-state index in [0.29, 0.717) is 0 Å². The maximum absolute atomic E-state index is 12.5. The van der Waals surface area contributed by atoms with Crippen molar-refractivity contribution >= 4 is 17.5 Å². The lowest BCUT2D eigenvalue weighted by Gasteiger charge is -2.20. The number of carbonyl (C=O) groups is 2. The van der Waals surface area contributed by atoms with Crippen molar-refractivity contribution in [1.82, 2.24) is 5.32 Å². The highest BCUT2D eigenvalue weighted by Crippen LogP contribution is 2.24. The molecule has 0 saturated carbocycles. The van der Waals surface area contributed by atoms with E-state index in [1.807, 2.05) is 48.5 Å². The minimum Gasteiger partial charge on any atom is -0.497 e. The van der Waals surface area contributed by atoms with Crippen molar-refractivity contribution in [3.05, 3.63) is 59.7 Å². The molecule has 0 aromatic heterocycles. The van der Waals surface area contributed by atoms with Gasteiger partial charge < -0.3 is 15.4 Å². The SMILES string of the molecule is COc1ccc(C(CC(=O)Nc2ccc(C(C)(C)C)cc2)NC(C)=O)cc1. The van der Waals surface area contributed by atoms with Crippen LogP contribution in [0.3, 0.4) is 0 Å². The van der Waals surface area contributed by atoms with Crippen LogP contribution in [0.15, 0.2) is 48.5 Å². The number of methoxy groups -OCH3 is 1. The summed E-state index contributed by atoms with van der Waals surface area (Å²) >= 11 is 0. The molecule has 2 aromatic carbocycles. The lowest BCUT2D eigenvalue weighted by molar-refractivity contribution is -0.120. The van der Waals surface area contributed by atoms with E-state index in [0.717, 1.165) is 17.0 Å². The average Bonchev–Trinajstić information content (AvgIpc) is 2.60. The minimum atomic E-state index is -0.401. The van der Waals surface area contributed by atoms with Crippen molar-refractivity contribution in [2.45, 2.75) is 45.6 Å². The van der Waals surface area contributed by atoms with Crippen LogP contribution in [0.2, 0.25) is 0 Å². The fourth-order valence-electron chi connectivity index (χ4n) is 2.78. The molecule has 2 rings (SSSR count). The molecule has 0 saturated heterocycles. The molecule has 144 valence electrons. The molecule has 0 aliphatic heterocycles. The van der Waals surface area contributed by atoms with Crippen LogP contribution in [-0.2, 0) is 15.0 Å². The van der Waals surface area contributed by atoms with Gasteiger partial charge in [-0.15, -0.1) is 0 Å². The third kappa shape index (κ3) is 6.13. The first-order chi connectivity index (χ1) is 12.7. The zero-order chi connectivity index (χ0) is 20.0. The van der Waals surface area contributed by atoms with Crippen molar-refractivity contribution in [2.75, 3.05) is 12.4 Å². The number of anilines is 1. The quantitative estimate of drug-likeness (QED) is 0.803. The topological polar surface area (TPSA) is 67.4 Å². The minimum absolute atomic E-state index is 0.0629. The van der Waals surface area contributed by atoms with Gasteiger partial charge in [0, 0.05) is 12.6 Å². The Kier molecular flexibility index (Phi) is 6.61. The molecule has 27 heavy (non-hydrogen) atoms. The van der Waals surface area contributed by atoms with E-state index in [9.17, 15) is 9.59 Å². The summed E-state index contributed by atoms with van der Waals surface area (Å²) in [6.07, 6.45) is 0.146. The maximum atomic E-state index is 12.5. The fourth-order valence-corrected chi connectivity index (χ4v) is 2.78. The third-order valence-corrected chi connectivity index (χ3v) is 4.32. The van der Waals surface area contributed by atoms with Gasteiger partial charge in [0.25, 0.3) is 0 Å². The van der Waals surface area contributed by atoms with Crippen molar-refractivity contribution in [2.24, 2.45) is 0 Å². The van der Waals surface area contributed by atoms with Crippen LogP contribution in [0.1, 0.15) is 51.3 Å². The first kappa shape index (κ1) is 20.5. The van der Waals surface area contributed by atoms with Gasteiger partial charge in [0.1, 0.15) is 5.75 Å². The van der Waals surface area contributed by atoms with Gasteiger partial charge >= 0.3 is 0 Å². The molecule has 0 bridgehead atoms. The molecule has 0 radical (unpaired) electrons. The Balaban J connectivity index is 2.07. The summed E-state index contributed by atoms with van der Waals surface area (Å²) in [4.78, 5) is 24.0. The maximum Gasteiger partial charge on any atom is 0.226 e. The number of carbonyl (C=O) groups excluding carboxylic acids is 2. The molecule has 2 N–H and O–H groups in total. The first-order valence-electron chi connectivity index (χ1n) is 9.00. The van der Waals surface area contributed by atoms with Gasteiger partial charge in [-0.3, -0.25) is 9.59 Å². The number of hydrogen-bond acceptors (Lipinski definition) is 3. The summed E-state index contributed by atoms with van der Waals surface area (Å²) in [5.74, 6) is 0.384. The Bertz CT molecular complexity index is 775. The van der Waals surface area contributed by atoms with Crippen LogP contribution in [0.4, 0.5) is 5.69 Å². The zero-order valence-electron chi connectivity index (χ0n) is 16.6. The highest BCUT2D eigenvalue weighted by Gasteiger charge is 2.18. The molecule has 5 nitrogen and oxygen atoms in total. The molecule has 0 aliphatic rings. The van der Waals surface area contributed by atoms with E-state index in [1.165, 1.54) is 12.5 Å². The van der Waals surface area contributed by atoms with E-state index in [1.54, 1.807) is 7.11 Å². The van der Waals surface area contributed by atoms with E-state index in [2.05, 4.69) is 31.4 Å². The Morgan fingerprint density at radius 2 is 1.59 bits per heavy atom. The van der Waals surface area contributed by atoms with Crippen LogP contribution in [0.5, 0.6) is 5.75 Å². The van der Waals surface area contributed by atoms with E-state index < -0.39 is 6.04 Å². The Morgan fingerprint density at radius 3 is 2.07 bits per heavy atom. The number of benzene rings is 2. The molecule has 0 fully saturated rings. The van der Waals surface area contributed by atoms with E-state index in [4.69, 9.17) is 4.74 Å². The van der Waals surface area contributed by atoms with Crippen LogP contribution in [-0.4, -0.2) is 18.9 Å². The summed E-state index contributed by atoms with van der Waals surface area (Å²) in [6, 6.07) is 14.8. The standard InChI is InChI=1S/C22H28N2O3/c1-15(25)23-20(16-6-12-19(27-5)13-7-16)14-21(26)24-18-10-8-17(9-11-18)22(2,3)4/h6-13,20H,14H2,1-5H3,(H,23,25)(H,24,26). The lowest BCUT2D eigenvalue weighted by atomic mass is 9.87. The van der Waals surface area contributed by atoms with Gasteiger partial charge in [-0.1, -0.05) is 45.0 Å². The number of ether oxygens (including phenoxy) is 1. The molecule has 0 heterocycles. The summed E-state index contributed by atoms with van der Waals surface area (Å²) in [5.41, 5.74) is 2.86. The van der Waals surface area contributed by atoms with Crippen molar-refractivity contribution in [3.63, 3.8) is 0 Å². The Hall–Kier alpha value is -2.82. The number of amides is 2. The van der Waals surface area contributed by atoms with Crippen molar-refractivity contribution < 1.29 is 14.3 Å². The summed E-state index contributed by atoms with van der Waals surface area (Å²) in [6.45, 7) is 7.88. The number of hydrogen-bond donors (Lipinski definition) is 2. The predicted octanol–water partition coefficient (Wildman–Crippen LogP) is 4.20. The summed E-state index contributed by atoms with van der Waals surface area (Å²) in [7, 11) is 1.60. The normalized spacial score (nSPS) is 12.2. The molecule has 1 atom stereocenters. The molecule has 0 aliphatic carbocycles. The first-order valence-corrected chi connectivity index (χ1v) is 9.00. The van der Waals surface area contributed by atoms with Gasteiger partial charge in [0.2, 0.25) is 11.8 Å². The number of nitrogens with one attached hydrogen (secondary N) is 2. The molecule has 1 unspecified atom stereocenters. The van der Waals surface area contributed by atoms with Gasteiger partial charge in [-0.05, 0) is 40.8 Å². The summed E-state index contributed by atoms with van der Waals surface area (Å²) in [5, 5.41) is 5.74. The van der Waals surface area contributed by atoms with Gasteiger partial charge in [-0.2, -0.15) is 0 Å². The highest BCUT2D eigenvalue weighted by molar-refractivity contribution is 5.91. The van der Waals surface area contributed by atoms with Crippen LogP contribution < -0.4 is 15.4 Å². The largest absolute Gasteiger partial charge is 0.497 e. The molecular formula is C22H28N2O3. The second-order valence-electron chi connectivity index (χ2n) is 7.61. The zero-order valence-corrected chi connectivity index (χ0v) is 16.6. The van der Waals surface area contributed by atoms with Gasteiger partial charge in [-0.25, -0.2) is 0 Å². The smallest absolute Gasteiger partial charge is 0.226 e. The van der Waals surface area contributed by atoms with Gasteiger partial charge in [0.05, 0.1) is 19.6 Å². The number of rotatable bonds is 6. The third-order valence-electron chi connectivity index (χ3n) is 4.32. The second-order valence-corrected chi connectivity index (χ2v) is 7.61. The van der Waals surface area contributed by atoms with Crippen molar-refractivity contribution in [1.29, 1.82) is 0 Å². The van der Waals surface area contributed by atoms with Gasteiger partial charge in [0.15, 0.2) is 0 Å². The Morgan fingerprint density at radius 1 is 1.00 bits per heavy atom. The monoisotopic (exact) mass is 368 g/mol. The average molecular weight is 368 g/mol. The fraction of sp³-hybridized carbons (Fsp3) is 0.364. The Labute approximate surface area is 161 Å². The van der Waals surface area contributed by atoms with Crippen LogP contribution in [0, 0.1) is 0 Å². The molecule has 2 amide bonds. The summed E-state index contributed by atoms with van der Waals surface area (Å²) < 4.78 is 5.16. The van der Waals surface area contributed by atoms with Crippen LogP contribution >= 0.6 is 0 Å². The second kappa shape index (κ2) is 8.71. The predicted molar refractivity (Wildman–Crippen MR) is 108 cm³/mol. The molecule has 5 heteroatoms.